The second kappa shape index (κ2) is 5.93. The lowest BCUT2D eigenvalue weighted by Crippen LogP contribution is -2.41. The molecular formula is C16H26N2O. The third-order valence-corrected chi connectivity index (χ3v) is 4.62. The molecular weight excluding hydrogens is 236 g/mol. The number of hydrogen-bond donors (Lipinski definition) is 2. The second-order valence-electron chi connectivity index (χ2n) is 6.26. The first-order valence-corrected chi connectivity index (χ1v) is 7.18. The molecule has 1 aliphatic rings. The minimum Gasteiger partial charge on any atom is -0.497 e. The van der Waals surface area contributed by atoms with Gasteiger partial charge in [-0.05, 0) is 41.9 Å². The summed E-state index contributed by atoms with van der Waals surface area (Å²) in [6.45, 7) is 4.72. The summed E-state index contributed by atoms with van der Waals surface area (Å²) < 4.78 is 5.32. The zero-order chi connectivity index (χ0) is 13.9. The fraction of sp³-hybridized carbons (Fsp3) is 0.625. The molecule has 2 rings (SSSR count). The molecule has 0 saturated heterocycles. The van der Waals surface area contributed by atoms with E-state index in [1.54, 1.807) is 7.11 Å². The van der Waals surface area contributed by atoms with Crippen LogP contribution in [-0.2, 0) is 0 Å². The van der Waals surface area contributed by atoms with Crippen LogP contribution in [0.25, 0.3) is 0 Å². The Morgan fingerprint density at radius 3 is 2.79 bits per heavy atom. The second-order valence-corrected chi connectivity index (χ2v) is 6.26. The van der Waals surface area contributed by atoms with Crippen molar-refractivity contribution in [1.29, 1.82) is 0 Å². The highest BCUT2D eigenvalue weighted by molar-refractivity contribution is 5.31. The Morgan fingerprint density at radius 1 is 1.37 bits per heavy atom. The van der Waals surface area contributed by atoms with E-state index in [2.05, 4.69) is 31.4 Å². The van der Waals surface area contributed by atoms with E-state index in [-0.39, 0.29) is 6.04 Å². The van der Waals surface area contributed by atoms with Crippen LogP contribution < -0.4 is 16.0 Å². The van der Waals surface area contributed by atoms with Gasteiger partial charge in [-0.2, -0.15) is 0 Å². The lowest BCUT2D eigenvalue weighted by atomic mass is 9.65. The summed E-state index contributed by atoms with van der Waals surface area (Å²) in [6.07, 6.45) is 5.15. The van der Waals surface area contributed by atoms with Crippen LogP contribution in [-0.4, -0.2) is 7.11 Å². The smallest absolute Gasteiger partial charge is 0.119 e. The number of rotatable bonds is 4. The number of hydrogen-bond acceptors (Lipinski definition) is 3. The first-order valence-electron chi connectivity index (χ1n) is 7.18. The van der Waals surface area contributed by atoms with Crippen LogP contribution in [0.2, 0.25) is 0 Å². The van der Waals surface area contributed by atoms with Gasteiger partial charge in [-0.15, -0.1) is 0 Å². The van der Waals surface area contributed by atoms with Crippen molar-refractivity contribution < 1.29 is 4.74 Å². The molecule has 3 nitrogen and oxygen atoms in total. The van der Waals surface area contributed by atoms with Crippen LogP contribution in [0.3, 0.4) is 0 Å². The summed E-state index contributed by atoms with van der Waals surface area (Å²) in [6, 6.07) is 8.44. The Kier molecular flexibility index (Phi) is 4.48. The Hall–Kier alpha value is -1.06. The summed E-state index contributed by atoms with van der Waals surface area (Å²) in [7, 11) is 1.70. The van der Waals surface area contributed by atoms with Gasteiger partial charge in [0.25, 0.3) is 0 Å². The summed E-state index contributed by atoms with van der Waals surface area (Å²) in [4.78, 5) is 0. The molecule has 0 spiro atoms. The average Bonchev–Trinajstić information content (AvgIpc) is 2.41. The van der Waals surface area contributed by atoms with Crippen molar-refractivity contribution in [3.8, 4) is 5.75 Å². The van der Waals surface area contributed by atoms with Crippen molar-refractivity contribution in [2.45, 2.75) is 45.6 Å². The van der Waals surface area contributed by atoms with Crippen molar-refractivity contribution in [3.63, 3.8) is 0 Å². The maximum Gasteiger partial charge on any atom is 0.119 e. The van der Waals surface area contributed by atoms with Crippen LogP contribution in [0.4, 0.5) is 0 Å². The van der Waals surface area contributed by atoms with Gasteiger partial charge in [-0.1, -0.05) is 38.8 Å². The van der Waals surface area contributed by atoms with Gasteiger partial charge in [0.05, 0.1) is 7.11 Å². The predicted molar refractivity (Wildman–Crippen MR) is 78.8 cm³/mol. The number of ether oxygens (including phenoxy) is 1. The highest BCUT2D eigenvalue weighted by Gasteiger charge is 2.37. The molecule has 0 aromatic heterocycles. The summed E-state index contributed by atoms with van der Waals surface area (Å²) in [5.74, 6) is 7.32. The lowest BCUT2D eigenvalue weighted by Gasteiger charge is -2.43. The molecule has 1 fully saturated rings. The van der Waals surface area contributed by atoms with E-state index >= 15 is 0 Å². The number of nitrogens with two attached hydrogens (primary N) is 1. The third-order valence-electron chi connectivity index (χ3n) is 4.62. The number of nitrogens with one attached hydrogen (secondary N) is 1. The Balaban J connectivity index is 2.27. The minimum absolute atomic E-state index is 0.199. The van der Waals surface area contributed by atoms with Crippen molar-refractivity contribution in [1.82, 2.24) is 5.43 Å². The van der Waals surface area contributed by atoms with Crippen molar-refractivity contribution >= 4 is 0 Å². The van der Waals surface area contributed by atoms with Gasteiger partial charge in [0.15, 0.2) is 0 Å². The van der Waals surface area contributed by atoms with Gasteiger partial charge in [-0.25, -0.2) is 0 Å². The summed E-state index contributed by atoms with van der Waals surface area (Å²) in [5.41, 5.74) is 4.60. The normalized spacial score (nSPS) is 23.9. The molecule has 2 atom stereocenters. The molecule has 106 valence electrons. The third kappa shape index (κ3) is 3.10. The van der Waals surface area contributed by atoms with Gasteiger partial charge in [0.1, 0.15) is 5.75 Å². The zero-order valence-electron chi connectivity index (χ0n) is 12.3. The van der Waals surface area contributed by atoms with Crippen molar-refractivity contribution in [2.24, 2.45) is 17.2 Å². The van der Waals surface area contributed by atoms with Gasteiger partial charge in [-0.3, -0.25) is 11.3 Å². The SMILES string of the molecule is COc1cccc(C(NN)C2CCCCC2(C)C)c1. The maximum absolute atomic E-state index is 5.86. The number of benzene rings is 1. The topological polar surface area (TPSA) is 47.3 Å². The van der Waals surface area contributed by atoms with E-state index < -0.39 is 0 Å². The number of hydrazine groups is 1. The molecule has 1 aliphatic carbocycles. The monoisotopic (exact) mass is 262 g/mol. The lowest BCUT2D eigenvalue weighted by molar-refractivity contribution is 0.0981. The predicted octanol–water partition coefficient (Wildman–Crippen LogP) is 3.42. The molecule has 1 aromatic rings. The van der Waals surface area contributed by atoms with Crippen LogP contribution in [0, 0.1) is 11.3 Å². The fourth-order valence-corrected chi connectivity index (χ4v) is 3.42. The van der Waals surface area contributed by atoms with Crippen molar-refractivity contribution in [3.05, 3.63) is 29.8 Å². The molecule has 1 saturated carbocycles. The van der Waals surface area contributed by atoms with Crippen LogP contribution >= 0.6 is 0 Å². The van der Waals surface area contributed by atoms with Gasteiger partial charge >= 0.3 is 0 Å². The van der Waals surface area contributed by atoms with E-state index in [4.69, 9.17) is 10.6 Å². The van der Waals surface area contributed by atoms with Crippen molar-refractivity contribution in [2.75, 3.05) is 7.11 Å². The maximum atomic E-state index is 5.86. The van der Waals surface area contributed by atoms with Crippen LogP contribution in [0.15, 0.2) is 24.3 Å². The quantitative estimate of drug-likeness (QED) is 0.645. The van der Waals surface area contributed by atoms with Gasteiger partial charge < -0.3 is 4.74 Å². The minimum atomic E-state index is 0.199. The van der Waals surface area contributed by atoms with Crippen LogP contribution in [0.5, 0.6) is 5.75 Å². The molecule has 0 aliphatic heterocycles. The van der Waals surface area contributed by atoms with E-state index in [1.165, 1.54) is 31.2 Å². The molecule has 0 amide bonds. The highest BCUT2D eigenvalue weighted by atomic mass is 16.5. The molecule has 0 heterocycles. The average molecular weight is 262 g/mol. The summed E-state index contributed by atoms with van der Waals surface area (Å²) in [5, 5.41) is 0. The molecule has 2 unspecified atom stereocenters. The van der Waals surface area contributed by atoms with Gasteiger partial charge in [0, 0.05) is 6.04 Å². The Bertz CT molecular complexity index is 417. The zero-order valence-corrected chi connectivity index (χ0v) is 12.3. The first-order chi connectivity index (χ1) is 9.08. The standard InChI is InChI=1S/C16H26N2O/c1-16(2)10-5-4-9-14(16)15(18-17)12-7-6-8-13(11-12)19-3/h6-8,11,14-15,18H,4-5,9-10,17H2,1-3H3. The highest BCUT2D eigenvalue weighted by Crippen LogP contribution is 2.46. The first kappa shape index (κ1) is 14.4. The molecule has 0 radical (unpaired) electrons. The molecule has 19 heavy (non-hydrogen) atoms. The van der Waals surface area contributed by atoms with Crippen LogP contribution in [0.1, 0.15) is 51.1 Å². The molecule has 0 bridgehead atoms. The fourth-order valence-electron chi connectivity index (χ4n) is 3.42. The van der Waals surface area contributed by atoms with Gasteiger partial charge in [0.2, 0.25) is 0 Å². The largest absolute Gasteiger partial charge is 0.497 e. The Labute approximate surface area is 116 Å². The van der Waals surface area contributed by atoms with E-state index in [9.17, 15) is 0 Å². The molecule has 1 aromatic carbocycles. The molecule has 3 N–H and O–H groups in total. The summed E-state index contributed by atoms with van der Waals surface area (Å²) >= 11 is 0. The number of methoxy groups -OCH3 is 1. The van der Waals surface area contributed by atoms with E-state index in [0.717, 1.165) is 5.75 Å². The van der Waals surface area contributed by atoms with E-state index in [1.807, 2.05) is 12.1 Å². The molecule has 3 heteroatoms. The van der Waals surface area contributed by atoms with E-state index in [0.29, 0.717) is 11.3 Å². The Morgan fingerprint density at radius 2 is 2.16 bits per heavy atom.